The Balaban J connectivity index is 3.44. The Morgan fingerprint density at radius 3 is 2.64 bits per heavy atom. The van der Waals surface area contributed by atoms with Crippen LogP contribution in [-0.4, -0.2) is 5.78 Å². The average molecular weight is 191 g/mol. The summed E-state index contributed by atoms with van der Waals surface area (Å²) in [4.78, 5) is 11.1. The van der Waals surface area contributed by atoms with Crippen LogP contribution >= 0.6 is 0 Å². The van der Waals surface area contributed by atoms with E-state index in [0.717, 1.165) is 5.56 Å². The highest BCUT2D eigenvalue weighted by Gasteiger charge is 2.14. The maximum Gasteiger partial charge on any atom is 0.164 e. The zero-order chi connectivity index (χ0) is 10.7. The minimum absolute atomic E-state index is 0.107. The predicted molar refractivity (Wildman–Crippen MR) is 50.5 cm³/mol. The highest BCUT2D eigenvalue weighted by Crippen LogP contribution is 2.17. The van der Waals surface area contributed by atoms with Gasteiger partial charge in [0.25, 0.3) is 0 Å². The molecule has 72 valence electrons. The summed E-state index contributed by atoms with van der Waals surface area (Å²) in [6.07, 6.45) is 0.643. The van der Waals surface area contributed by atoms with Gasteiger partial charge in [0.15, 0.2) is 5.78 Å². The molecule has 0 bridgehead atoms. The number of benzene rings is 1. The first kappa shape index (κ1) is 10.4. The molecule has 0 fully saturated rings. The van der Waals surface area contributed by atoms with Gasteiger partial charge in [0, 0.05) is 0 Å². The number of carbonyl (C=O) groups excluding carboxylic acids is 1. The van der Waals surface area contributed by atoms with Crippen LogP contribution in [0.5, 0.6) is 0 Å². The van der Waals surface area contributed by atoms with Gasteiger partial charge in [-0.05, 0) is 31.0 Å². The van der Waals surface area contributed by atoms with Crippen LogP contribution in [0.4, 0.5) is 4.39 Å². The van der Waals surface area contributed by atoms with Crippen molar-refractivity contribution in [2.45, 2.75) is 20.3 Å². The molecule has 0 atom stereocenters. The van der Waals surface area contributed by atoms with E-state index in [4.69, 9.17) is 5.26 Å². The summed E-state index contributed by atoms with van der Waals surface area (Å²) in [7, 11) is 0. The van der Waals surface area contributed by atoms with Crippen LogP contribution in [0.1, 0.15) is 35.3 Å². The Bertz CT molecular complexity index is 418. The van der Waals surface area contributed by atoms with Crippen LogP contribution in [0, 0.1) is 17.1 Å². The van der Waals surface area contributed by atoms with Crippen molar-refractivity contribution < 1.29 is 9.18 Å². The number of nitriles is 1. The zero-order valence-corrected chi connectivity index (χ0v) is 8.10. The number of hydrogen-bond donors (Lipinski definition) is 0. The molecule has 1 aromatic carbocycles. The lowest BCUT2D eigenvalue weighted by Crippen LogP contribution is -2.02. The van der Waals surface area contributed by atoms with Crippen molar-refractivity contribution in [1.82, 2.24) is 0 Å². The van der Waals surface area contributed by atoms with Crippen LogP contribution in [0.25, 0.3) is 0 Å². The second kappa shape index (κ2) is 4.01. The number of ketones is 1. The summed E-state index contributed by atoms with van der Waals surface area (Å²) in [5.74, 6) is -1.02. The molecule has 0 saturated carbocycles. The molecule has 0 spiro atoms. The van der Waals surface area contributed by atoms with E-state index in [1.54, 1.807) is 6.07 Å². The summed E-state index contributed by atoms with van der Waals surface area (Å²) >= 11 is 0. The second-order valence-electron chi connectivity index (χ2n) is 3.02. The lowest BCUT2D eigenvalue weighted by atomic mass is 10.0. The number of carbonyl (C=O) groups is 1. The number of hydrogen-bond acceptors (Lipinski definition) is 2. The van der Waals surface area contributed by atoms with Gasteiger partial charge in [-0.3, -0.25) is 4.79 Å². The maximum absolute atomic E-state index is 13.4. The lowest BCUT2D eigenvalue weighted by molar-refractivity contribution is 0.101. The second-order valence-corrected chi connectivity index (χ2v) is 3.02. The fraction of sp³-hybridized carbons (Fsp3) is 0.273. The van der Waals surface area contributed by atoms with Crippen LogP contribution < -0.4 is 0 Å². The van der Waals surface area contributed by atoms with Gasteiger partial charge in [0.05, 0.1) is 17.2 Å². The molecule has 0 heterocycles. The van der Waals surface area contributed by atoms with E-state index < -0.39 is 11.6 Å². The molecule has 0 unspecified atom stereocenters. The van der Waals surface area contributed by atoms with Gasteiger partial charge < -0.3 is 0 Å². The molecular formula is C11H10FNO. The van der Waals surface area contributed by atoms with Crippen molar-refractivity contribution in [2.75, 3.05) is 0 Å². The first-order chi connectivity index (χ1) is 6.60. The molecule has 1 aromatic rings. The van der Waals surface area contributed by atoms with E-state index in [1.165, 1.54) is 13.0 Å². The predicted octanol–water partition coefficient (Wildman–Crippen LogP) is 2.46. The molecule has 0 radical (unpaired) electrons. The molecule has 14 heavy (non-hydrogen) atoms. The highest BCUT2D eigenvalue weighted by atomic mass is 19.1. The topological polar surface area (TPSA) is 40.9 Å². The largest absolute Gasteiger partial charge is 0.294 e. The Labute approximate surface area is 82.0 Å². The van der Waals surface area contributed by atoms with Crippen molar-refractivity contribution in [3.05, 3.63) is 34.6 Å². The van der Waals surface area contributed by atoms with Gasteiger partial charge in [-0.1, -0.05) is 6.92 Å². The summed E-state index contributed by atoms with van der Waals surface area (Å²) in [5.41, 5.74) is 0.739. The summed E-state index contributed by atoms with van der Waals surface area (Å²) in [5, 5.41) is 8.74. The zero-order valence-electron chi connectivity index (χ0n) is 8.10. The summed E-state index contributed by atoms with van der Waals surface area (Å²) < 4.78 is 13.4. The Hall–Kier alpha value is -1.69. The number of aryl methyl sites for hydroxylation is 1. The van der Waals surface area contributed by atoms with E-state index in [1.807, 2.05) is 13.0 Å². The molecule has 0 N–H and O–H groups in total. The summed E-state index contributed by atoms with van der Waals surface area (Å²) in [6.45, 7) is 3.12. The Kier molecular flexibility index (Phi) is 2.98. The molecule has 2 nitrogen and oxygen atoms in total. The van der Waals surface area contributed by atoms with Crippen molar-refractivity contribution in [3.63, 3.8) is 0 Å². The van der Waals surface area contributed by atoms with Crippen LogP contribution in [0.3, 0.4) is 0 Å². The first-order valence-electron chi connectivity index (χ1n) is 4.33. The van der Waals surface area contributed by atoms with Crippen molar-refractivity contribution >= 4 is 5.78 Å². The van der Waals surface area contributed by atoms with Gasteiger partial charge in [-0.15, -0.1) is 0 Å². The van der Waals surface area contributed by atoms with Crippen LogP contribution in [0.2, 0.25) is 0 Å². The SMILES string of the molecule is CCc1cc(F)c(C(C)=O)c(C#N)c1. The third kappa shape index (κ3) is 1.80. The molecule has 0 aromatic heterocycles. The van der Waals surface area contributed by atoms with Gasteiger partial charge in [0.2, 0.25) is 0 Å². The molecular weight excluding hydrogens is 181 g/mol. The Morgan fingerprint density at radius 1 is 1.57 bits per heavy atom. The molecule has 0 aliphatic rings. The smallest absolute Gasteiger partial charge is 0.164 e. The van der Waals surface area contributed by atoms with Gasteiger partial charge >= 0.3 is 0 Å². The van der Waals surface area contributed by atoms with Crippen molar-refractivity contribution in [1.29, 1.82) is 5.26 Å². The average Bonchev–Trinajstić information content (AvgIpc) is 2.15. The standard InChI is InChI=1S/C11H10FNO/c1-3-8-4-9(6-13)11(7(2)14)10(12)5-8/h4-5H,3H2,1-2H3. The normalized spacial score (nSPS) is 9.57. The number of nitrogens with zero attached hydrogens (tertiary/aromatic N) is 1. The quantitative estimate of drug-likeness (QED) is 0.674. The Morgan fingerprint density at radius 2 is 2.21 bits per heavy atom. The van der Waals surface area contributed by atoms with Crippen molar-refractivity contribution in [2.24, 2.45) is 0 Å². The minimum Gasteiger partial charge on any atom is -0.294 e. The fourth-order valence-electron chi connectivity index (χ4n) is 1.31. The fourth-order valence-corrected chi connectivity index (χ4v) is 1.31. The van der Waals surface area contributed by atoms with E-state index in [-0.39, 0.29) is 11.1 Å². The number of Topliss-reactive ketones (excluding diaryl/α,β-unsaturated/α-hetero) is 1. The molecule has 3 heteroatoms. The third-order valence-electron chi connectivity index (χ3n) is 2.03. The summed E-state index contributed by atoms with van der Waals surface area (Å²) in [6, 6.07) is 4.69. The third-order valence-corrected chi connectivity index (χ3v) is 2.03. The molecule has 0 saturated heterocycles. The number of halogens is 1. The van der Waals surface area contributed by atoms with Crippen molar-refractivity contribution in [3.8, 4) is 6.07 Å². The molecule has 0 aliphatic heterocycles. The highest BCUT2D eigenvalue weighted by molar-refractivity contribution is 5.96. The van der Waals surface area contributed by atoms with Gasteiger partial charge in [0.1, 0.15) is 5.82 Å². The van der Waals surface area contributed by atoms with E-state index in [2.05, 4.69) is 0 Å². The van der Waals surface area contributed by atoms with E-state index in [0.29, 0.717) is 6.42 Å². The lowest BCUT2D eigenvalue weighted by Gasteiger charge is -2.04. The van der Waals surface area contributed by atoms with E-state index in [9.17, 15) is 9.18 Å². The first-order valence-corrected chi connectivity index (χ1v) is 4.33. The monoisotopic (exact) mass is 191 g/mol. The number of rotatable bonds is 2. The molecule has 0 aliphatic carbocycles. The van der Waals surface area contributed by atoms with E-state index >= 15 is 0 Å². The minimum atomic E-state index is -0.603. The van der Waals surface area contributed by atoms with Crippen LogP contribution in [0.15, 0.2) is 12.1 Å². The van der Waals surface area contributed by atoms with Gasteiger partial charge in [-0.2, -0.15) is 5.26 Å². The van der Waals surface area contributed by atoms with Gasteiger partial charge in [-0.25, -0.2) is 4.39 Å². The molecule has 0 amide bonds. The van der Waals surface area contributed by atoms with Crippen LogP contribution in [-0.2, 0) is 6.42 Å². The maximum atomic E-state index is 13.4. The molecule has 1 rings (SSSR count).